The maximum absolute atomic E-state index is 14.0. The highest BCUT2D eigenvalue weighted by atomic mass is 127. The van der Waals surface area contributed by atoms with Crippen LogP contribution in [0.2, 0.25) is 0 Å². The summed E-state index contributed by atoms with van der Waals surface area (Å²) >= 11 is 2.06. The van der Waals surface area contributed by atoms with Gasteiger partial charge in [0.25, 0.3) is 0 Å². The zero-order valence-corrected chi connectivity index (χ0v) is 13.5. The van der Waals surface area contributed by atoms with Crippen molar-refractivity contribution in [3.63, 3.8) is 0 Å². The molecule has 22 heavy (non-hydrogen) atoms. The molecule has 108 valence electrons. The van der Waals surface area contributed by atoms with Crippen molar-refractivity contribution in [1.29, 1.82) is 0 Å². The van der Waals surface area contributed by atoms with Crippen LogP contribution < -0.4 is 4.74 Å². The zero-order valence-electron chi connectivity index (χ0n) is 11.3. The largest absolute Gasteiger partial charge is 0.452 e. The average Bonchev–Trinajstić information content (AvgIpc) is 2.90. The van der Waals surface area contributed by atoms with Gasteiger partial charge >= 0.3 is 0 Å². The van der Waals surface area contributed by atoms with Gasteiger partial charge in [0.2, 0.25) is 0 Å². The van der Waals surface area contributed by atoms with Gasteiger partial charge in [0.1, 0.15) is 5.58 Å². The minimum atomic E-state index is -0.389. The van der Waals surface area contributed by atoms with E-state index in [4.69, 9.17) is 9.15 Å². The minimum absolute atomic E-state index is 0.188. The molecule has 0 atom stereocenters. The van der Waals surface area contributed by atoms with E-state index in [2.05, 4.69) is 22.6 Å². The summed E-state index contributed by atoms with van der Waals surface area (Å²) in [6, 6.07) is 18.3. The third-order valence-corrected chi connectivity index (χ3v) is 4.15. The van der Waals surface area contributed by atoms with Crippen LogP contribution in [0, 0.1) is 9.39 Å². The van der Waals surface area contributed by atoms with E-state index in [0.717, 1.165) is 19.9 Å². The first kappa shape index (κ1) is 13.6. The van der Waals surface area contributed by atoms with Crippen molar-refractivity contribution >= 4 is 44.5 Å². The Hall–Kier alpha value is -2.08. The molecule has 0 aliphatic heterocycles. The molecule has 0 bridgehead atoms. The molecule has 0 N–H and O–H groups in total. The summed E-state index contributed by atoms with van der Waals surface area (Å²) in [5.41, 5.74) is 1.42. The summed E-state index contributed by atoms with van der Waals surface area (Å²) in [4.78, 5) is 0. The van der Waals surface area contributed by atoms with Crippen LogP contribution in [0.3, 0.4) is 0 Å². The van der Waals surface area contributed by atoms with E-state index in [0.29, 0.717) is 11.3 Å². The van der Waals surface area contributed by atoms with Crippen LogP contribution in [0.25, 0.3) is 21.9 Å². The van der Waals surface area contributed by atoms with Crippen molar-refractivity contribution in [1.82, 2.24) is 0 Å². The predicted octanol–water partition coefficient (Wildman–Crippen LogP) is 6.12. The lowest BCUT2D eigenvalue weighted by atomic mass is 10.1. The van der Waals surface area contributed by atoms with Crippen LogP contribution in [0.5, 0.6) is 11.5 Å². The number of para-hydroxylation sites is 2. The highest BCUT2D eigenvalue weighted by molar-refractivity contribution is 14.1. The monoisotopic (exact) mass is 404 g/mol. The fraction of sp³-hybridized carbons (Fsp3) is 0. The topological polar surface area (TPSA) is 22.4 Å². The van der Waals surface area contributed by atoms with E-state index in [1.807, 2.05) is 36.4 Å². The highest BCUT2D eigenvalue weighted by Crippen LogP contribution is 2.37. The standard InChI is InChI=1S/C18H10FIO2/c19-14-10-11(20)8-9-16(14)21-17-7-3-5-13-12-4-1-2-6-15(12)22-18(13)17/h1-10H. The van der Waals surface area contributed by atoms with Gasteiger partial charge in [-0.25, -0.2) is 4.39 Å². The molecule has 2 nitrogen and oxygen atoms in total. The molecule has 0 aliphatic rings. The molecule has 1 heterocycles. The van der Waals surface area contributed by atoms with E-state index in [-0.39, 0.29) is 11.6 Å². The summed E-state index contributed by atoms with van der Waals surface area (Å²) in [6.07, 6.45) is 0. The Morgan fingerprint density at radius 3 is 2.55 bits per heavy atom. The molecule has 0 fully saturated rings. The summed E-state index contributed by atoms with van der Waals surface area (Å²) in [7, 11) is 0. The Kier molecular flexibility index (Phi) is 3.26. The predicted molar refractivity (Wildman–Crippen MR) is 92.9 cm³/mol. The summed E-state index contributed by atoms with van der Waals surface area (Å²) in [6.45, 7) is 0. The van der Waals surface area contributed by atoms with Crippen molar-refractivity contribution < 1.29 is 13.5 Å². The Labute approximate surface area is 139 Å². The van der Waals surface area contributed by atoms with Crippen molar-refractivity contribution in [2.45, 2.75) is 0 Å². The van der Waals surface area contributed by atoms with Gasteiger partial charge in [-0.15, -0.1) is 0 Å². The van der Waals surface area contributed by atoms with Gasteiger partial charge in [0, 0.05) is 14.3 Å². The lowest BCUT2D eigenvalue weighted by Gasteiger charge is -2.07. The highest BCUT2D eigenvalue weighted by Gasteiger charge is 2.13. The molecule has 3 aromatic carbocycles. The van der Waals surface area contributed by atoms with Gasteiger partial charge in [0.15, 0.2) is 22.9 Å². The number of halogens is 2. The van der Waals surface area contributed by atoms with Gasteiger partial charge < -0.3 is 9.15 Å². The van der Waals surface area contributed by atoms with Crippen LogP contribution in [0.4, 0.5) is 4.39 Å². The first-order valence-corrected chi connectivity index (χ1v) is 7.83. The zero-order chi connectivity index (χ0) is 15.1. The third-order valence-electron chi connectivity index (χ3n) is 3.48. The molecule has 4 heteroatoms. The number of fused-ring (bicyclic) bond motifs is 3. The van der Waals surface area contributed by atoms with Crippen molar-refractivity contribution in [3.8, 4) is 11.5 Å². The van der Waals surface area contributed by atoms with Crippen LogP contribution >= 0.6 is 22.6 Å². The normalized spacial score (nSPS) is 11.2. The van der Waals surface area contributed by atoms with E-state index in [9.17, 15) is 4.39 Å². The Morgan fingerprint density at radius 2 is 1.68 bits per heavy atom. The van der Waals surface area contributed by atoms with Crippen LogP contribution in [0.15, 0.2) is 65.1 Å². The number of hydrogen-bond donors (Lipinski definition) is 0. The van der Waals surface area contributed by atoms with Crippen LogP contribution in [-0.4, -0.2) is 0 Å². The SMILES string of the molecule is Fc1cc(I)ccc1Oc1cccc2c1oc1ccccc12. The summed E-state index contributed by atoms with van der Waals surface area (Å²) in [5, 5.41) is 1.98. The minimum Gasteiger partial charge on any atom is -0.452 e. The van der Waals surface area contributed by atoms with Gasteiger partial charge in [-0.05, 0) is 52.9 Å². The van der Waals surface area contributed by atoms with E-state index < -0.39 is 0 Å². The first-order valence-electron chi connectivity index (χ1n) is 6.75. The molecular weight excluding hydrogens is 394 g/mol. The second kappa shape index (κ2) is 5.28. The van der Waals surface area contributed by atoms with Gasteiger partial charge in [0.05, 0.1) is 0 Å². The van der Waals surface area contributed by atoms with E-state index >= 15 is 0 Å². The third kappa shape index (κ3) is 2.23. The fourth-order valence-electron chi connectivity index (χ4n) is 2.48. The fourth-order valence-corrected chi connectivity index (χ4v) is 2.93. The van der Waals surface area contributed by atoms with Crippen LogP contribution in [0.1, 0.15) is 0 Å². The molecule has 0 radical (unpaired) electrons. The quantitative estimate of drug-likeness (QED) is 0.376. The molecule has 0 saturated carbocycles. The second-order valence-electron chi connectivity index (χ2n) is 4.91. The van der Waals surface area contributed by atoms with Crippen LogP contribution in [-0.2, 0) is 0 Å². The smallest absolute Gasteiger partial charge is 0.177 e. The molecule has 0 amide bonds. The van der Waals surface area contributed by atoms with Gasteiger partial charge in [-0.3, -0.25) is 0 Å². The molecule has 0 unspecified atom stereocenters. The molecule has 4 rings (SSSR count). The molecular formula is C18H10FIO2. The Bertz CT molecular complexity index is 991. The van der Waals surface area contributed by atoms with Crippen molar-refractivity contribution in [2.75, 3.05) is 0 Å². The Balaban J connectivity index is 1.88. The lowest BCUT2D eigenvalue weighted by Crippen LogP contribution is -1.89. The van der Waals surface area contributed by atoms with Gasteiger partial charge in [-0.2, -0.15) is 0 Å². The average molecular weight is 404 g/mol. The summed E-state index contributed by atoms with van der Waals surface area (Å²) in [5.74, 6) is 0.308. The molecule has 0 aliphatic carbocycles. The lowest BCUT2D eigenvalue weighted by molar-refractivity contribution is 0.439. The molecule has 1 aromatic heterocycles. The number of rotatable bonds is 2. The molecule has 0 spiro atoms. The second-order valence-corrected chi connectivity index (χ2v) is 6.15. The number of hydrogen-bond acceptors (Lipinski definition) is 2. The van der Waals surface area contributed by atoms with Crippen molar-refractivity contribution in [3.05, 3.63) is 70.1 Å². The molecule has 0 saturated heterocycles. The maximum Gasteiger partial charge on any atom is 0.177 e. The summed E-state index contributed by atoms with van der Waals surface area (Å²) < 4.78 is 26.4. The first-order chi connectivity index (χ1) is 10.7. The van der Waals surface area contributed by atoms with Crippen molar-refractivity contribution in [2.24, 2.45) is 0 Å². The Morgan fingerprint density at radius 1 is 0.864 bits per heavy atom. The van der Waals surface area contributed by atoms with E-state index in [1.54, 1.807) is 18.2 Å². The maximum atomic E-state index is 14.0. The molecule has 4 aromatic rings. The number of furan rings is 1. The number of ether oxygens (including phenoxy) is 1. The van der Waals surface area contributed by atoms with E-state index in [1.165, 1.54) is 6.07 Å². The number of benzene rings is 3. The van der Waals surface area contributed by atoms with Gasteiger partial charge in [-0.1, -0.05) is 30.3 Å².